The van der Waals surface area contributed by atoms with Crippen molar-refractivity contribution in [1.82, 2.24) is 5.32 Å². The maximum absolute atomic E-state index is 13.9. The van der Waals surface area contributed by atoms with Gasteiger partial charge in [0, 0.05) is 0 Å². The van der Waals surface area contributed by atoms with Crippen LogP contribution in [0.25, 0.3) is 0 Å². The van der Waals surface area contributed by atoms with Gasteiger partial charge in [0.15, 0.2) is 0 Å². The van der Waals surface area contributed by atoms with Crippen molar-refractivity contribution in [3.63, 3.8) is 0 Å². The van der Waals surface area contributed by atoms with Gasteiger partial charge >= 0.3 is 5.97 Å². The Kier molecular flexibility index (Phi) is 8.97. The summed E-state index contributed by atoms with van der Waals surface area (Å²) in [4.78, 5) is 13.9. The average molecular weight is 546 g/mol. The van der Waals surface area contributed by atoms with Gasteiger partial charge in [-0.25, -0.2) is 0 Å². The SMILES string of the molecule is COc1ccc(COC(=O)[C@@H](Cc2ccc(O)cc2)NC(C2=CCCC=C2)(c2ccccc2)c2ccccc2)cc1. The molecule has 0 aliphatic heterocycles. The van der Waals surface area contributed by atoms with Crippen LogP contribution in [0.2, 0.25) is 0 Å². The van der Waals surface area contributed by atoms with E-state index in [0.717, 1.165) is 46.4 Å². The number of phenols is 1. The van der Waals surface area contributed by atoms with E-state index in [1.807, 2.05) is 72.8 Å². The summed E-state index contributed by atoms with van der Waals surface area (Å²) in [6.07, 6.45) is 8.88. The highest BCUT2D eigenvalue weighted by molar-refractivity contribution is 5.77. The molecule has 0 saturated heterocycles. The molecule has 0 spiro atoms. The molecule has 0 radical (unpaired) electrons. The molecule has 0 aromatic heterocycles. The first kappa shape index (κ1) is 27.9. The number of hydrogen-bond donors (Lipinski definition) is 2. The monoisotopic (exact) mass is 545 g/mol. The molecule has 41 heavy (non-hydrogen) atoms. The van der Waals surface area contributed by atoms with E-state index in [1.54, 1.807) is 19.2 Å². The fourth-order valence-electron chi connectivity index (χ4n) is 5.32. The molecular weight excluding hydrogens is 510 g/mol. The second-order valence-electron chi connectivity index (χ2n) is 10.1. The molecule has 1 aliphatic carbocycles. The molecule has 2 N–H and O–H groups in total. The zero-order chi connectivity index (χ0) is 28.5. The van der Waals surface area contributed by atoms with Crippen molar-refractivity contribution in [1.29, 1.82) is 0 Å². The molecule has 0 fully saturated rings. The number of carbonyl (C=O) groups is 1. The second kappa shape index (κ2) is 13.2. The third-order valence-electron chi connectivity index (χ3n) is 7.43. The Morgan fingerprint density at radius 3 is 2.00 bits per heavy atom. The molecular formula is C36H35NO4. The van der Waals surface area contributed by atoms with Crippen LogP contribution in [0.15, 0.2) is 133 Å². The molecule has 5 rings (SSSR count). The lowest BCUT2D eigenvalue weighted by Crippen LogP contribution is -2.54. The van der Waals surface area contributed by atoms with Crippen molar-refractivity contribution in [3.8, 4) is 11.5 Å². The van der Waals surface area contributed by atoms with Gasteiger partial charge in [-0.2, -0.15) is 0 Å². The minimum absolute atomic E-state index is 0.142. The highest BCUT2D eigenvalue weighted by Crippen LogP contribution is 2.40. The van der Waals surface area contributed by atoms with E-state index in [1.165, 1.54) is 0 Å². The summed E-state index contributed by atoms with van der Waals surface area (Å²) >= 11 is 0. The van der Waals surface area contributed by atoms with Crippen LogP contribution in [0.3, 0.4) is 0 Å². The van der Waals surface area contributed by atoms with Crippen LogP contribution in [0, 0.1) is 0 Å². The fourth-order valence-corrected chi connectivity index (χ4v) is 5.32. The predicted molar refractivity (Wildman–Crippen MR) is 162 cm³/mol. The van der Waals surface area contributed by atoms with Crippen LogP contribution < -0.4 is 10.1 Å². The highest BCUT2D eigenvalue weighted by Gasteiger charge is 2.41. The number of hydrogen-bond acceptors (Lipinski definition) is 5. The number of aromatic hydroxyl groups is 1. The highest BCUT2D eigenvalue weighted by atomic mass is 16.5. The largest absolute Gasteiger partial charge is 0.508 e. The number of nitrogens with one attached hydrogen (secondary N) is 1. The number of carbonyl (C=O) groups excluding carboxylic acids is 1. The average Bonchev–Trinajstić information content (AvgIpc) is 3.04. The van der Waals surface area contributed by atoms with Crippen LogP contribution in [0.1, 0.15) is 35.1 Å². The van der Waals surface area contributed by atoms with Gasteiger partial charge in [-0.3, -0.25) is 10.1 Å². The molecule has 0 saturated carbocycles. The Labute approximate surface area is 241 Å². The predicted octanol–water partition coefficient (Wildman–Crippen LogP) is 6.87. The first-order valence-corrected chi connectivity index (χ1v) is 13.9. The van der Waals surface area contributed by atoms with Gasteiger partial charge in [-0.1, -0.05) is 103 Å². The molecule has 5 nitrogen and oxygen atoms in total. The molecule has 5 heteroatoms. The van der Waals surface area contributed by atoms with E-state index in [4.69, 9.17) is 9.47 Å². The number of esters is 1. The van der Waals surface area contributed by atoms with Gasteiger partial charge in [0.25, 0.3) is 0 Å². The molecule has 0 unspecified atom stereocenters. The molecule has 1 atom stereocenters. The second-order valence-corrected chi connectivity index (χ2v) is 10.1. The summed E-state index contributed by atoms with van der Waals surface area (Å²) < 4.78 is 11.2. The summed E-state index contributed by atoms with van der Waals surface area (Å²) in [6.45, 7) is 0.142. The van der Waals surface area contributed by atoms with E-state index in [2.05, 4.69) is 47.8 Å². The molecule has 208 valence electrons. The first-order chi connectivity index (χ1) is 20.1. The van der Waals surface area contributed by atoms with Crippen molar-refractivity contribution in [2.24, 2.45) is 0 Å². The number of phenolic OH excluding ortho intramolecular Hbond substituents is 1. The molecule has 4 aromatic carbocycles. The zero-order valence-corrected chi connectivity index (χ0v) is 23.2. The number of benzene rings is 4. The van der Waals surface area contributed by atoms with Gasteiger partial charge in [-0.05, 0) is 71.4 Å². The normalized spacial score (nSPS) is 13.7. The number of allylic oxidation sites excluding steroid dienone is 2. The van der Waals surface area contributed by atoms with Crippen molar-refractivity contribution in [2.75, 3.05) is 7.11 Å². The molecule has 0 bridgehead atoms. The van der Waals surface area contributed by atoms with Gasteiger partial charge in [0.05, 0.1) is 12.6 Å². The topological polar surface area (TPSA) is 67.8 Å². The van der Waals surface area contributed by atoms with Gasteiger partial charge in [0.2, 0.25) is 0 Å². The van der Waals surface area contributed by atoms with Gasteiger partial charge in [0.1, 0.15) is 24.1 Å². The van der Waals surface area contributed by atoms with E-state index < -0.39 is 11.6 Å². The van der Waals surface area contributed by atoms with Crippen LogP contribution >= 0.6 is 0 Å². The number of rotatable bonds is 11. The van der Waals surface area contributed by atoms with Crippen LogP contribution in [0.5, 0.6) is 11.5 Å². The molecule has 0 heterocycles. The van der Waals surface area contributed by atoms with Crippen molar-refractivity contribution in [3.05, 3.63) is 155 Å². The van der Waals surface area contributed by atoms with E-state index in [0.29, 0.717) is 6.42 Å². The first-order valence-electron chi connectivity index (χ1n) is 13.9. The summed E-state index contributed by atoms with van der Waals surface area (Å²) in [6, 6.07) is 34.3. The Morgan fingerprint density at radius 2 is 1.44 bits per heavy atom. The summed E-state index contributed by atoms with van der Waals surface area (Å²) in [7, 11) is 1.62. The summed E-state index contributed by atoms with van der Waals surface area (Å²) in [5.74, 6) is 0.572. The molecule has 0 amide bonds. The maximum Gasteiger partial charge on any atom is 0.323 e. The Bertz CT molecular complexity index is 1440. The zero-order valence-electron chi connectivity index (χ0n) is 23.2. The third kappa shape index (κ3) is 6.59. The minimum atomic E-state index is -0.805. The Morgan fingerprint density at radius 1 is 0.829 bits per heavy atom. The van der Waals surface area contributed by atoms with E-state index in [9.17, 15) is 9.90 Å². The minimum Gasteiger partial charge on any atom is -0.508 e. The summed E-state index contributed by atoms with van der Waals surface area (Å²) in [5.41, 5.74) is 4.12. The number of methoxy groups -OCH3 is 1. The van der Waals surface area contributed by atoms with Crippen molar-refractivity contribution >= 4 is 5.97 Å². The van der Waals surface area contributed by atoms with Gasteiger partial charge in [-0.15, -0.1) is 0 Å². The lowest BCUT2D eigenvalue weighted by Gasteiger charge is -2.41. The smallest absolute Gasteiger partial charge is 0.323 e. The molecule has 1 aliphatic rings. The molecule has 4 aromatic rings. The van der Waals surface area contributed by atoms with Crippen molar-refractivity contribution in [2.45, 2.75) is 37.5 Å². The lowest BCUT2D eigenvalue weighted by atomic mass is 9.74. The van der Waals surface area contributed by atoms with Crippen LogP contribution in [0.4, 0.5) is 0 Å². The van der Waals surface area contributed by atoms with E-state index in [-0.39, 0.29) is 18.3 Å². The Hall–Kier alpha value is -4.61. The fraction of sp³-hybridized carbons (Fsp3) is 0.194. The summed E-state index contributed by atoms with van der Waals surface area (Å²) in [5, 5.41) is 13.7. The quantitative estimate of drug-likeness (QED) is 0.202. The third-order valence-corrected chi connectivity index (χ3v) is 7.43. The van der Waals surface area contributed by atoms with Crippen LogP contribution in [-0.2, 0) is 28.1 Å². The Balaban J connectivity index is 1.56. The van der Waals surface area contributed by atoms with Gasteiger partial charge < -0.3 is 14.6 Å². The maximum atomic E-state index is 13.9. The number of ether oxygens (including phenoxy) is 2. The van der Waals surface area contributed by atoms with Crippen LogP contribution in [-0.4, -0.2) is 24.2 Å². The van der Waals surface area contributed by atoms with E-state index >= 15 is 0 Å². The standard InChI is InChI=1S/C36H35NO4/c1-40-33-23-19-28(20-24-33)26-41-35(39)34(25-27-17-21-32(38)22-18-27)37-36(29-11-5-2-6-12-29,30-13-7-3-8-14-30)31-15-9-4-10-16-31/h2-3,5-9,11-24,34,37-38H,4,10,25-26H2,1H3/t34-/m1/s1. The van der Waals surface area contributed by atoms with Crippen molar-refractivity contribution < 1.29 is 19.4 Å². The lowest BCUT2D eigenvalue weighted by molar-refractivity contribution is -0.148.